The summed E-state index contributed by atoms with van der Waals surface area (Å²) < 4.78 is 11.2. The number of nitrogens with one attached hydrogen (secondary N) is 3. The van der Waals surface area contributed by atoms with Gasteiger partial charge in [0.2, 0.25) is 0 Å². The maximum absolute atomic E-state index is 13.0. The van der Waals surface area contributed by atoms with E-state index in [-0.39, 0.29) is 12.4 Å². The number of nitrogens with zero attached hydrogens (tertiary/aromatic N) is 1. The van der Waals surface area contributed by atoms with Gasteiger partial charge in [-0.15, -0.1) is 0 Å². The van der Waals surface area contributed by atoms with Crippen molar-refractivity contribution in [1.29, 1.82) is 5.41 Å². The van der Waals surface area contributed by atoms with Crippen molar-refractivity contribution >= 4 is 28.5 Å². The summed E-state index contributed by atoms with van der Waals surface area (Å²) in [5, 5.41) is 10.8. The van der Waals surface area contributed by atoms with Crippen LogP contribution >= 0.6 is 0 Å². The van der Waals surface area contributed by atoms with Gasteiger partial charge >= 0.3 is 5.97 Å². The molecule has 0 aliphatic heterocycles. The second-order valence-corrected chi connectivity index (χ2v) is 7.65. The van der Waals surface area contributed by atoms with Gasteiger partial charge in [0.1, 0.15) is 17.4 Å². The van der Waals surface area contributed by atoms with Gasteiger partial charge < -0.3 is 25.5 Å². The Bertz CT molecular complexity index is 1280. The highest BCUT2D eigenvalue weighted by atomic mass is 16.5. The number of benzene rings is 3. The van der Waals surface area contributed by atoms with Crippen LogP contribution in [0.3, 0.4) is 0 Å². The van der Waals surface area contributed by atoms with Gasteiger partial charge in [0.15, 0.2) is 6.04 Å². The number of carbonyl (C=O) groups excluding carboxylic acids is 1. The minimum atomic E-state index is -0.785. The van der Waals surface area contributed by atoms with E-state index in [2.05, 4.69) is 10.3 Å². The number of rotatable bonds is 9. The molecule has 1 heterocycles. The van der Waals surface area contributed by atoms with E-state index in [1.165, 1.54) is 0 Å². The van der Waals surface area contributed by atoms with Crippen LogP contribution in [0.2, 0.25) is 0 Å². The third-order valence-corrected chi connectivity index (χ3v) is 5.27. The average Bonchev–Trinajstić information content (AvgIpc) is 3.27. The van der Waals surface area contributed by atoms with E-state index >= 15 is 0 Å². The van der Waals surface area contributed by atoms with Crippen LogP contribution in [0, 0.1) is 5.41 Å². The van der Waals surface area contributed by atoms with Crippen molar-refractivity contribution in [2.24, 2.45) is 5.73 Å². The first-order valence-corrected chi connectivity index (χ1v) is 11.1. The largest absolute Gasteiger partial charge is 0.494 e. The first kappa shape index (κ1) is 22.8. The maximum Gasteiger partial charge on any atom is 0.333 e. The van der Waals surface area contributed by atoms with Gasteiger partial charge in [-0.2, -0.15) is 0 Å². The summed E-state index contributed by atoms with van der Waals surface area (Å²) in [5.74, 6) is 0.867. The molecule has 1 unspecified atom stereocenters. The molecule has 8 nitrogen and oxygen atoms in total. The molecule has 0 aliphatic carbocycles. The van der Waals surface area contributed by atoms with Gasteiger partial charge in [0.25, 0.3) is 0 Å². The topological polar surface area (TPSA) is 126 Å². The SMILES string of the molecule is CCOC(=O)C(Nc1ccc(C(=N)N)cc1)c1cc(OCC)cc(-c2nc3ccccc3[nH]2)c1. The molecule has 5 N–H and O–H groups in total. The summed E-state index contributed by atoms with van der Waals surface area (Å²) in [6.45, 7) is 4.41. The van der Waals surface area contributed by atoms with Crippen molar-refractivity contribution in [3.8, 4) is 17.1 Å². The number of nitrogens with two attached hydrogens (primary N) is 1. The number of aromatic amines is 1. The van der Waals surface area contributed by atoms with Gasteiger partial charge in [0.05, 0.1) is 24.2 Å². The Hall–Kier alpha value is -4.33. The quantitative estimate of drug-likeness (QED) is 0.165. The van der Waals surface area contributed by atoms with Crippen LogP contribution in [-0.4, -0.2) is 35.0 Å². The van der Waals surface area contributed by atoms with Crippen LogP contribution in [0.1, 0.15) is 31.0 Å². The molecule has 0 aliphatic rings. The van der Waals surface area contributed by atoms with Crippen LogP contribution in [0.25, 0.3) is 22.4 Å². The lowest BCUT2D eigenvalue weighted by atomic mass is 10.0. The van der Waals surface area contributed by atoms with E-state index in [0.29, 0.717) is 35.0 Å². The predicted octanol–water partition coefficient (Wildman–Crippen LogP) is 4.63. The molecule has 4 rings (SSSR count). The molecule has 3 aromatic carbocycles. The van der Waals surface area contributed by atoms with E-state index in [0.717, 1.165) is 16.6 Å². The highest BCUT2D eigenvalue weighted by Crippen LogP contribution is 2.31. The third-order valence-electron chi connectivity index (χ3n) is 5.27. The van der Waals surface area contributed by atoms with E-state index < -0.39 is 12.0 Å². The lowest BCUT2D eigenvalue weighted by molar-refractivity contribution is -0.144. The first-order valence-electron chi connectivity index (χ1n) is 11.1. The number of carbonyl (C=O) groups is 1. The molecule has 0 amide bonds. The molecular formula is C26H27N5O3. The minimum absolute atomic E-state index is 0.0200. The minimum Gasteiger partial charge on any atom is -0.494 e. The van der Waals surface area contributed by atoms with Gasteiger partial charge in [-0.1, -0.05) is 12.1 Å². The Morgan fingerprint density at radius 3 is 2.53 bits per heavy atom. The molecule has 0 saturated carbocycles. The second kappa shape index (κ2) is 10.1. The van der Waals surface area contributed by atoms with Gasteiger partial charge in [-0.3, -0.25) is 5.41 Å². The highest BCUT2D eigenvalue weighted by molar-refractivity contribution is 5.95. The highest BCUT2D eigenvalue weighted by Gasteiger charge is 2.24. The van der Waals surface area contributed by atoms with E-state index in [1.807, 2.05) is 49.4 Å². The van der Waals surface area contributed by atoms with Crippen LogP contribution in [-0.2, 0) is 9.53 Å². The number of nitrogen functional groups attached to an aromatic ring is 1. The summed E-state index contributed by atoms with van der Waals surface area (Å²) in [7, 11) is 0. The number of hydrogen-bond donors (Lipinski definition) is 4. The zero-order valence-electron chi connectivity index (χ0n) is 19.1. The van der Waals surface area contributed by atoms with E-state index in [9.17, 15) is 4.79 Å². The fourth-order valence-corrected chi connectivity index (χ4v) is 3.68. The molecule has 8 heteroatoms. The van der Waals surface area contributed by atoms with Gasteiger partial charge in [-0.05, 0) is 74.0 Å². The lowest BCUT2D eigenvalue weighted by Crippen LogP contribution is -2.23. The number of H-pyrrole nitrogens is 1. The van der Waals surface area contributed by atoms with Crippen LogP contribution in [0.5, 0.6) is 5.75 Å². The molecular weight excluding hydrogens is 430 g/mol. The molecule has 0 saturated heterocycles. The summed E-state index contributed by atoms with van der Waals surface area (Å²) >= 11 is 0. The fraction of sp³-hybridized carbons (Fsp3) is 0.192. The lowest BCUT2D eigenvalue weighted by Gasteiger charge is -2.20. The first-order chi connectivity index (χ1) is 16.5. The Labute approximate surface area is 197 Å². The zero-order chi connectivity index (χ0) is 24.1. The standard InChI is InChI=1S/C26H27N5O3/c1-3-33-20-14-17(13-18(15-20)25-30-21-7-5-6-8-22(21)31-25)23(26(32)34-4-2)29-19-11-9-16(10-12-19)24(27)28/h5-15,23,29H,3-4H2,1-2H3,(H3,27,28)(H,30,31). The predicted molar refractivity (Wildman–Crippen MR) is 133 cm³/mol. The summed E-state index contributed by atoms with van der Waals surface area (Å²) in [4.78, 5) is 21.0. The summed E-state index contributed by atoms with van der Waals surface area (Å²) in [6.07, 6.45) is 0. The Balaban J connectivity index is 1.76. The normalized spacial score (nSPS) is 11.7. The molecule has 0 radical (unpaired) electrons. The van der Waals surface area contributed by atoms with Crippen molar-refractivity contribution in [2.75, 3.05) is 18.5 Å². The van der Waals surface area contributed by atoms with Crippen LogP contribution in [0.15, 0.2) is 66.7 Å². The number of fused-ring (bicyclic) bond motifs is 1. The zero-order valence-corrected chi connectivity index (χ0v) is 19.1. The molecule has 1 atom stereocenters. The molecule has 0 bridgehead atoms. The molecule has 0 spiro atoms. The number of anilines is 1. The molecule has 4 aromatic rings. The smallest absolute Gasteiger partial charge is 0.333 e. The van der Waals surface area contributed by atoms with Crippen molar-refractivity contribution in [2.45, 2.75) is 19.9 Å². The average molecular weight is 458 g/mol. The van der Waals surface area contributed by atoms with Crippen LogP contribution < -0.4 is 15.8 Å². The summed E-state index contributed by atoms with van der Waals surface area (Å²) in [6, 6.07) is 19.6. The number of hydrogen-bond acceptors (Lipinski definition) is 6. The summed E-state index contributed by atoms with van der Waals surface area (Å²) in [5.41, 5.74) is 10.1. The number of ether oxygens (including phenoxy) is 2. The number of amidine groups is 1. The van der Waals surface area contributed by atoms with Gasteiger partial charge in [-0.25, -0.2) is 9.78 Å². The molecule has 1 aromatic heterocycles. The van der Waals surface area contributed by atoms with Gasteiger partial charge in [0, 0.05) is 16.8 Å². The van der Waals surface area contributed by atoms with Crippen molar-refractivity contribution in [3.05, 3.63) is 77.9 Å². The molecule has 34 heavy (non-hydrogen) atoms. The molecule has 0 fully saturated rings. The fourth-order valence-electron chi connectivity index (χ4n) is 3.68. The Morgan fingerprint density at radius 1 is 1.09 bits per heavy atom. The number of esters is 1. The Morgan fingerprint density at radius 2 is 1.85 bits per heavy atom. The monoisotopic (exact) mass is 457 g/mol. The van der Waals surface area contributed by atoms with E-state index in [1.54, 1.807) is 31.2 Å². The second-order valence-electron chi connectivity index (χ2n) is 7.65. The molecule has 174 valence electrons. The van der Waals surface area contributed by atoms with Crippen molar-refractivity contribution < 1.29 is 14.3 Å². The number of aromatic nitrogens is 2. The third kappa shape index (κ3) is 5.01. The van der Waals surface area contributed by atoms with Crippen molar-refractivity contribution in [1.82, 2.24) is 9.97 Å². The number of imidazole rings is 1. The van der Waals surface area contributed by atoms with Crippen LogP contribution in [0.4, 0.5) is 5.69 Å². The van der Waals surface area contributed by atoms with Crippen molar-refractivity contribution in [3.63, 3.8) is 0 Å². The maximum atomic E-state index is 13.0. The number of para-hydroxylation sites is 2. The Kier molecular flexibility index (Phi) is 6.77. The van der Waals surface area contributed by atoms with E-state index in [4.69, 9.17) is 25.6 Å².